The molecule has 1 aromatic carbocycles. The molecule has 2 heterocycles. The van der Waals surface area contributed by atoms with Gasteiger partial charge in [-0.05, 0) is 56.0 Å². The van der Waals surface area contributed by atoms with Crippen molar-refractivity contribution in [3.05, 3.63) is 59.2 Å². The summed E-state index contributed by atoms with van der Waals surface area (Å²) in [5.74, 6) is 1.05. The number of nitrogens with zero attached hydrogens (tertiary/aromatic N) is 3. The quantitative estimate of drug-likeness (QED) is 0.751. The van der Waals surface area contributed by atoms with Crippen molar-refractivity contribution in [2.24, 2.45) is 11.5 Å². The molecule has 0 amide bonds. The number of nitrogens with two attached hydrogens (primary N) is 2. The van der Waals surface area contributed by atoms with Crippen molar-refractivity contribution in [3.63, 3.8) is 0 Å². The third kappa shape index (κ3) is 3.17. The first-order valence-electron chi connectivity index (χ1n) is 9.15. The van der Waals surface area contributed by atoms with Crippen molar-refractivity contribution in [3.8, 4) is 0 Å². The first kappa shape index (κ1) is 16.2. The zero-order valence-electron chi connectivity index (χ0n) is 14.5. The van der Waals surface area contributed by atoms with Crippen molar-refractivity contribution in [1.82, 2.24) is 14.5 Å². The van der Waals surface area contributed by atoms with Crippen LogP contribution in [0, 0.1) is 0 Å². The summed E-state index contributed by atoms with van der Waals surface area (Å²) >= 11 is 0. The van der Waals surface area contributed by atoms with Crippen molar-refractivity contribution in [1.29, 1.82) is 0 Å². The van der Waals surface area contributed by atoms with Crippen LogP contribution in [0.15, 0.2) is 36.4 Å². The minimum absolute atomic E-state index is 0.0692. The monoisotopic (exact) mass is 335 g/mol. The first-order valence-corrected chi connectivity index (χ1v) is 9.15. The largest absolute Gasteiger partial charge is 0.330 e. The smallest absolute Gasteiger partial charge is 0.115 e. The maximum Gasteiger partial charge on any atom is 0.115 e. The van der Waals surface area contributed by atoms with Crippen LogP contribution < -0.4 is 11.5 Å². The van der Waals surface area contributed by atoms with Gasteiger partial charge in [-0.3, -0.25) is 4.98 Å². The molecule has 0 spiro atoms. The van der Waals surface area contributed by atoms with E-state index in [0.29, 0.717) is 6.54 Å². The van der Waals surface area contributed by atoms with E-state index >= 15 is 0 Å². The van der Waals surface area contributed by atoms with Gasteiger partial charge in [0.15, 0.2) is 0 Å². The van der Waals surface area contributed by atoms with Crippen LogP contribution in [0.2, 0.25) is 0 Å². The Morgan fingerprint density at radius 2 is 2.00 bits per heavy atom. The lowest BCUT2D eigenvalue weighted by atomic mass is 9.92. The second kappa shape index (κ2) is 6.94. The highest BCUT2D eigenvalue weighted by Crippen LogP contribution is 2.27. The van der Waals surface area contributed by atoms with Crippen molar-refractivity contribution in [2.45, 2.75) is 44.7 Å². The zero-order chi connectivity index (χ0) is 17.2. The summed E-state index contributed by atoms with van der Waals surface area (Å²) in [5, 5.41) is 0. The Morgan fingerprint density at radius 3 is 2.88 bits per heavy atom. The highest BCUT2D eigenvalue weighted by molar-refractivity contribution is 5.76. The van der Waals surface area contributed by atoms with Gasteiger partial charge in [0.2, 0.25) is 0 Å². The molecule has 3 aromatic rings. The van der Waals surface area contributed by atoms with Crippen LogP contribution in [0.1, 0.15) is 48.1 Å². The van der Waals surface area contributed by atoms with Gasteiger partial charge in [0, 0.05) is 24.7 Å². The van der Waals surface area contributed by atoms with Crippen LogP contribution in [-0.2, 0) is 19.4 Å². The zero-order valence-corrected chi connectivity index (χ0v) is 14.5. The van der Waals surface area contributed by atoms with Gasteiger partial charge in [-0.15, -0.1) is 0 Å². The Morgan fingerprint density at radius 1 is 1.12 bits per heavy atom. The third-order valence-corrected chi connectivity index (χ3v) is 5.04. The van der Waals surface area contributed by atoms with E-state index in [9.17, 15) is 0 Å². The summed E-state index contributed by atoms with van der Waals surface area (Å²) in [6.07, 6.45) is 4.93. The average Bonchev–Trinajstić information content (AvgIpc) is 2.98. The first-order chi connectivity index (χ1) is 12.3. The van der Waals surface area contributed by atoms with Crippen LogP contribution in [-0.4, -0.2) is 21.1 Å². The molecule has 2 aromatic heterocycles. The molecular weight excluding hydrogens is 310 g/mol. The second-order valence-corrected chi connectivity index (χ2v) is 6.83. The number of pyridine rings is 1. The molecule has 25 heavy (non-hydrogen) atoms. The van der Waals surface area contributed by atoms with Gasteiger partial charge in [0.25, 0.3) is 0 Å². The van der Waals surface area contributed by atoms with Gasteiger partial charge in [-0.2, -0.15) is 0 Å². The van der Waals surface area contributed by atoms with E-state index in [2.05, 4.69) is 34.9 Å². The Labute approximate surface area is 148 Å². The van der Waals surface area contributed by atoms with Crippen molar-refractivity contribution in [2.75, 3.05) is 6.54 Å². The summed E-state index contributed by atoms with van der Waals surface area (Å²) in [7, 11) is 0. The van der Waals surface area contributed by atoms with Gasteiger partial charge in [0.05, 0.1) is 16.7 Å². The van der Waals surface area contributed by atoms with Crippen LogP contribution in [0.5, 0.6) is 0 Å². The standard InChI is InChI=1S/C20H25N5/c21-11-4-12-25-18-8-2-1-7-17(18)24-19(25)13-15-10-9-14-5-3-6-16(22)20(14)23-15/h1-2,7-10,16H,3-6,11-13,21-22H2. The number of imidazole rings is 1. The molecule has 4 N–H and O–H groups in total. The Hall–Kier alpha value is -2.24. The van der Waals surface area contributed by atoms with Gasteiger partial charge < -0.3 is 16.0 Å². The van der Waals surface area contributed by atoms with Gasteiger partial charge in [-0.25, -0.2) is 4.98 Å². The molecule has 1 unspecified atom stereocenters. The highest BCUT2D eigenvalue weighted by atomic mass is 15.1. The van der Waals surface area contributed by atoms with E-state index < -0.39 is 0 Å². The number of aryl methyl sites for hydroxylation is 2. The Balaban J connectivity index is 1.69. The van der Waals surface area contributed by atoms with Crippen LogP contribution in [0.4, 0.5) is 0 Å². The fraction of sp³-hybridized carbons (Fsp3) is 0.400. The van der Waals surface area contributed by atoms with E-state index in [0.717, 1.165) is 61.4 Å². The van der Waals surface area contributed by atoms with Crippen molar-refractivity contribution < 1.29 is 0 Å². The molecule has 0 bridgehead atoms. The molecule has 4 rings (SSSR count). The molecule has 1 atom stereocenters. The molecule has 0 saturated heterocycles. The maximum absolute atomic E-state index is 6.27. The third-order valence-electron chi connectivity index (χ3n) is 5.04. The van der Waals surface area contributed by atoms with Gasteiger partial charge >= 0.3 is 0 Å². The van der Waals surface area contributed by atoms with E-state index in [-0.39, 0.29) is 6.04 Å². The maximum atomic E-state index is 6.27. The molecule has 0 fully saturated rings. The SMILES string of the molecule is NCCCn1c(Cc2ccc3c(n2)C(N)CCC3)nc2ccccc21. The number of hydrogen-bond donors (Lipinski definition) is 2. The molecule has 130 valence electrons. The lowest BCUT2D eigenvalue weighted by Crippen LogP contribution is -2.20. The molecule has 0 aliphatic heterocycles. The number of rotatable bonds is 5. The Bertz CT molecular complexity index is 883. The molecule has 5 nitrogen and oxygen atoms in total. The summed E-state index contributed by atoms with van der Waals surface area (Å²) in [6, 6.07) is 12.7. The predicted molar refractivity (Wildman–Crippen MR) is 100 cm³/mol. The molecule has 5 heteroatoms. The lowest BCUT2D eigenvalue weighted by molar-refractivity contribution is 0.551. The van der Waals surface area contributed by atoms with E-state index in [1.54, 1.807) is 0 Å². The fourth-order valence-electron chi connectivity index (χ4n) is 3.75. The molecule has 0 saturated carbocycles. The number of benzene rings is 1. The van der Waals surface area contributed by atoms with E-state index in [4.69, 9.17) is 21.4 Å². The van der Waals surface area contributed by atoms with E-state index in [1.165, 1.54) is 11.1 Å². The second-order valence-electron chi connectivity index (χ2n) is 6.83. The van der Waals surface area contributed by atoms with Crippen LogP contribution >= 0.6 is 0 Å². The van der Waals surface area contributed by atoms with Crippen LogP contribution in [0.3, 0.4) is 0 Å². The van der Waals surface area contributed by atoms with Crippen molar-refractivity contribution >= 4 is 11.0 Å². The molecular formula is C20H25N5. The number of para-hydroxylation sites is 2. The summed E-state index contributed by atoms with van der Waals surface area (Å²) in [5.41, 5.74) is 17.6. The molecule has 1 aliphatic carbocycles. The summed E-state index contributed by atoms with van der Waals surface area (Å²) in [4.78, 5) is 9.72. The lowest BCUT2D eigenvalue weighted by Gasteiger charge is -2.21. The molecule has 1 aliphatic rings. The van der Waals surface area contributed by atoms with Gasteiger partial charge in [0.1, 0.15) is 5.82 Å². The van der Waals surface area contributed by atoms with Crippen LogP contribution in [0.25, 0.3) is 11.0 Å². The fourth-order valence-corrected chi connectivity index (χ4v) is 3.75. The molecule has 0 radical (unpaired) electrons. The highest BCUT2D eigenvalue weighted by Gasteiger charge is 2.19. The van der Waals surface area contributed by atoms with Gasteiger partial charge in [-0.1, -0.05) is 18.2 Å². The minimum atomic E-state index is 0.0692. The number of hydrogen-bond acceptors (Lipinski definition) is 4. The topological polar surface area (TPSA) is 82.8 Å². The normalized spacial score (nSPS) is 17.0. The summed E-state index contributed by atoms with van der Waals surface area (Å²) in [6.45, 7) is 1.56. The number of aromatic nitrogens is 3. The predicted octanol–water partition coefficient (Wildman–Crippen LogP) is 2.71. The summed E-state index contributed by atoms with van der Waals surface area (Å²) < 4.78 is 2.28. The minimum Gasteiger partial charge on any atom is -0.330 e. The van der Waals surface area contributed by atoms with E-state index in [1.807, 2.05) is 6.07 Å². The number of fused-ring (bicyclic) bond motifs is 2. The Kier molecular flexibility index (Phi) is 4.51. The average molecular weight is 335 g/mol.